The highest BCUT2D eigenvalue weighted by Crippen LogP contribution is 2.17. The molecule has 0 aliphatic heterocycles. The van der Waals surface area contributed by atoms with Gasteiger partial charge in [-0.05, 0) is 19.8 Å². The second-order valence-electron chi connectivity index (χ2n) is 3.08. The van der Waals surface area contributed by atoms with Crippen LogP contribution in [0.25, 0.3) is 0 Å². The van der Waals surface area contributed by atoms with Crippen molar-refractivity contribution in [1.29, 1.82) is 0 Å². The van der Waals surface area contributed by atoms with E-state index in [1.807, 2.05) is 0 Å². The Morgan fingerprint density at radius 2 is 2.07 bits per heavy atom. The van der Waals surface area contributed by atoms with Crippen molar-refractivity contribution in [3.05, 3.63) is 4.91 Å². The molecule has 0 saturated heterocycles. The summed E-state index contributed by atoms with van der Waals surface area (Å²) in [5.41, 5.74) is 8.54. The van der Waals surface area contributed by atoms with Crippen molar-refractivity contribution < 1.29 is 9.90 Å². The van der Waals surface area contributed by atoms with E-state index in [1.54, 1.807) is 0 Å². The Bertz CT molecular complexity index is 249. The standard InChI is InChI=1S/C7H14N4O3/c1-7(11-14,5(12)13)3-2-4-10-6(8)9/h2-4H2,1H3,(H,12,13)(H4,8,9,10)/t7-/m0/s1. The molecule has 7 nitrogen and oxygen atoms in total. The summed E-state index contributed by atoms with van der Waals surface area (Å²) < 4.78 is 0. The molecule has 0 spiro atoms. The lowest BCUT2D eigenvalue weighted by Gasteiger charge is -2.14. The maximum atomic E-state index is 10.6. The average Bonchev–Trinajstić information content (AvgIpc) is 2.11. The fraction of sp³-hybridized carbons (Fsp3) is 0.714. The second kappa shape index (κ2) is 5.15. The highest BCUT2D eigenvalue weighted by atomic mass is 16.4. The first kappa shape index (κ1) is 12.3. The lowest BCUT2D eigenvalue weighted by atomic mass is 9.97. The van der Waals surface area contributed by atoms with Crippen molar-refractivity contribution in [2.75, 3.05) is 6.54 Å². The first-order chi connectivity index (χ1) is 6.42. The number of carbonyl (C=O) groups is 1. The molecule has 0 saturated carbocycles. The number of carboxylic acid groups (broad SMARTS) is 1. The predicted molar refractivity (Wildman–Crippen MR) is 51.7 cm³/mol. The van der Waals surface area contributed by atoms with Crippen molar-refractivity contribution >= 4 is 11.9 Å². The number of nitroso groups, excluding NO2 is 1. The lowest BCUT2D eigenvalue weighted by Crippen LogP contribution is -2.32. The van der Waals surface area contributed by atoms with Gasteiger partial charge in [0.15, 0.2) is 11.5 Å². The summed E-state index contributed by atoms with van der Waals surface area (Å²) >= 11 is 0. The van der Waals surface area contributed by atoms with Crippen LogP contribution < -0.4 is 11.5 Å². The Hall–Kier alpha value is -1.66. The van der Waals surface area contributed by atoms with Crippen molar-refractivity contribution in [3.8, 4) is 0 Å². The van der Waals surface area contributed by atoms with Gasteiger partial charge in [-0.25, -0.2) is 4.79 Å². The van der Waals surface area contributed by atoms with Gasteiger partial charge in [0.2, 0.25) is 0 Å². The van der Waals surface area contributed by atoms with Crippen LogP contribution in [-0.2, 0) is 4.79 Å². The Labute approximate surface area is 81.2 Å². The Kier molecular flexibility index (Phi) is 4.54. The zero-order chi connectivity index (χ0) is 11.2. The monoisotopic (exact) mass is 202 g/mol. The van der Waals surface area contributed by atoms with E-state index < -0.39 is 11.5 Å². The largest absolute Gasteiger partial charge is 0.479 e. The van der Waals surface area contributed by atoms with Gasteiger partial charge < -0.3 is 16.6 Å². The molecule has 0 aromatic heterocycles. The van der Waals surface area contributed by atoms with Gasteiger partial charge in [-0.15, -0.1) is 4.91 Å². The Morgan fingerprint density at radius 1 is 1.50 bits per heavy atom. The molecule has 0 aromatic rings. The van der Waals surface area contributed by atoms with Crippen LogP contribution in [0.5, 0.6) is 0 Å². The topological polar surface area (TPSA) is 131 Å². The van der Waals surface area contributed by atoms with E-state index in [9.17, 15) is 9.70 Å². The quantitative estimate of drug-likeness (QED) is 0.234. The summed E-state index contributed by atoms with van der Waals surface area (Å²) in [5.74, 6) is -1.29. The predicted octanol–water partition coefficient (Wildman–Crippen LogP) is -0.350. The summed E-state index contributed by atoms with van der Waals surface area (Å²) in [6.07, 6.45) is 0.509. The number of hydrogen-bond acceptors (Lipinski definition) is 4. The average molecular weight is 202 g/mol. The van der Waals surface area contributed by atoms with E-state index in [0.29, 0.717) is 13.0 Å². The van der Waals surface area contributed by atoms with Crippen LogP contribution >= 0.6 is 0 Å². The molecular weight excluding hydrogens is 188 g/mol. The van der Waals surface area contributed by atoms with Crippen LogP contribution in [0.3, 0.4) is 0 Å². The van der Waals surface area contributed by atoms with Gasteiger partial charge in [0.25, 0.3) is 0 Å². The van der Waals surface area contributed by atoms with E-state index >= 15 is 0 Å². The number of nitrogens with zero attached hydrogens (tertiary/aromatic N) is 2. The fourth-order valence-corrected chi connectivity index (χ4v) is 0.823. The number of hydrogen-bond donors (Lipinski definition) is 3. The van der Waals surface area contributed by atoms with Crippen LogP contribution in [0.1, 0.15) is 19.8 Å². The molecule has 0 unspecified atom stereocenters. The summed E-state index contributed by atoms with van der Waals surface area (Å²) in [7, 11) is 0. The molecule has 80 valence electrons. The first-order valence-corrected chi connectivity index (χ1v) is 4.05. The van der Waals surface area contributed by atoms with Crippen molar-refractivity contribution in [1.82, 2.24) is 0 Å². The van der Waals surface area contributed by atoms with Crippen LogP contribution in [-0.4, -0.2) is 29.1 Å². The summed E-state index contributed by atoms with van der Waals surface area (Å²) in [6.45, 7) is 1.55. The molecule has 7 heteroatoms. The van der Waals surface area contributed by atoms with E-state index in [0.717, 1.165) is 0 Å². The van der Waals surface area contributed by atoms with Crippen molar-refractivity contribution in [3.63, 3.8) is 0 Å². The Balaban J connectivity index is 4.04. The Morgan fingerprint density at radius 3 is 2.43 bits per heavy atom. The maximum absolute atomic E-state index is 10.6. The molecule has 14 heavy (non-hydrogen) atoms. The highest BCUT2D eigenvalue weighted by Gasteiger charge is 2.33. The second-order valence-corrected chi connectivity index (χ2v) is 3.08. The minimum absolute atomic E-state index is 0.0545. The minimum Gasteiger partial charge on any atom is -0.479 e. The summed E-state index contributed by atoms with van der Waals surface area (Å²) in [6, 6.07) is 0. The summed E-state index contributed by atoms with van der Waals surface area (Å²) in [4.78, 5) is 24.5. The normalized spacial score (nSPS) is 14.1. The van der Waals surface area contributed by atoms with E-state index in [1.165, 1.54) is 6.92 Å². The zero-order valence-corrected chi connectivity index (χ0v) is 7.93. The maximum Gasteiger partial charge on any atom is 0.334 e. The van der Waals surface area contributed by atoms with Gasteiger partial charge in [-0.1, -0.05) is 5.18 Å². The smallest absolute Gasteiger partial charge is 0.334 e. The SMILES string of the molecule is C[C@@](CCCN=C(N)N)(N=O)C(=O)O. The van der Waals surface area contributed by atoms with Gasteiger partial charge >= 0.3 is 5.97 Å². The molecule has 0 aromatic carbocycles. The highest BCUT2D eigenvalue weighted by molar-refractivity contribution is 5.78. The summed E-state index contributed by atoms with van der Waals surface area (Å²) in [5, 5.41) is 11.2. The zero-order valence-electron chi connectivity index (χ0n) is 7.93. The molecule has 0 radical (unpaired) electrons. The molecule has 5 N–H and O–H groups in total. The number of carboxylic acids is 1. The number of aliphatic imine (C=N–C) groups is 1. The molecule has 0 aliphatic carbocycles. The van der Waals surface area contributed by atoms with Crippen LogP contribution in [0, 0.1) is 4.91 Å². The fourth-order valence-electron chi connectivity index (χ4n) is 0.823. The van der Waals surface area contributed by atoms with Gasteiger partial charge in [-0.2, -0.15) is 0 Å². The molecule has 0 amide bonds. The van der Waals surface area contributed by atoms with Gasteiger partial charge in [-0.3, -0.25) is 4.99 Å². The molecule has 0 aliphatic rings. The first-order valence-electron chi connectivity index (χ1n) is 4.05. The minimum atomic E-state index is -1.58. The van der Waals surface area contributed by atoms with Crippen LogP contribution in [0.15, 0.2) is 10.2 Å². The van der Waals surface area contributed by atoms with Gasteiger partial charge in [0.05, 0.1) is 0 Å². The van der Waals surface area contributed by atoms with E-state index in [-0.39, 0.29) is 12.4 Å². The molecular formula is C7H14N4O3. The van der Waals surface area contributed by atoms with Gasteiger partial charge in [0, 0.05) is 6.54 Å². The van der Waals surface area contributed by atoms with Crippen LogP contribution in [0.2, 0.25) is 0 Å². The lowest BCUT2D eigenvalue weighted by molar-refractivity contribution is -0.142. The third-order valence-electron chi connectivity index (χ3n) is 1.78. The number of aliphatic carboxylic acids is 1. The molecule has 0 rings (SSSR count). The number of guanidine groups is 1. The van der Waals surface area contributed by atoms with Crippen molar-refractivity contribution in [2.24, 2.45) is 21.6 Å². The number of nitrogens with two attached hydrogens (primary N) is 2. The molecule has 0 fully saturated rings. The van der Waals surface area contributed by atoms with Crippen molar-refractivity contribution in [2.45, 2.75) is 25.3 Å². The van der Waals surface area contributed by atoms with Gasteiger partial charge in [0.1, 0.15) is 0 Å². The third-order valence-corrected chi connectivity index (χ3v) is 1.78. The molecule has 1 atom stereocenters. The number of rotatable bonds is 6. The molecule has 0 heterocycles. The third kappa shape index (κ3) is 3.83. The van der Waals surface area contributed by atoms with E-state index in [2.05, 4.69) is 10.2 Å². The molecule has 0 bridgehead atoms. The van der Waals surface area contributed by atoms with Crippen LogP contribution in [0.4, 0.5) is 0 Å². The van der Waals surface area contributed by atoms with E-state index in [4.69, 9.17) is 16.6 Å².